The maximum absolute atomic E-state index is 9.21. The summed E-state index contributed by atoms with van der Waals surface area (Å²) in [5.41, 5.74) is 5.01. The molecule has 0 spiro atoms. The Morgan fingerprint density at radius 1 is 1.18 bits per heavy atom. The molecule has 0 aliphatic carbocycles. The summed E-state index contributed by atoms with van der Waals surface area (Å²) in [6, 6.07) is 6.77. The van der Waals surface area contributed by atoms with Gasteiger partial charge in [-0.25, -0.2) is 0 Å². The van der Waals surface area contributed by atoms with Crippen LogP contribution in [0.5, 0.6) is 0 Å². The van der Waals surface area contributed by atoms with Crippen LogP contribution in [0.3, 0.4) is 0 Å². The van der Waals surface area contributed by atoms with Crippen molar-refractivity contribution in [3.05, 3.63) is 34.4 Å². The minimum absolute atomic E-state index is 0.00422. The lowest BCUT2D eigenvalue weighted by Gasteiger charge is -2.29. The molecule has 0 radical (unpaired) electrons. The van der Waals surface area contributed by atoms with E-state index in [-0.39, 0.29) is 12.0 Å². The second-order valence-electron chi connectivity index (χ2n) is 4.96. The average molecular weight is 229 g/mol. The Balaban J connectivity index is 2.39. The molecule has 0 bridgehead atoms. The van der Waals surface area contributed by atoms with Gasteiger partial charge in [0.05, 0.1) is 18.1 Å². The molecule has 1 aromatic carbocycles. The van der Waals surface area contributed by atoms with Crippen LogP contribution in [-0.2, 0) is 4.74 Å². The Morgan fingerprint density at radius 2 is 1.88 bits per heavy atom. The summed E-state index contributed by atoms with van der Waals surface area (Å²) < 4.78 is 5.82. The molecule has 0 aromatic heterocycles. The molecule has 1 aliphatic rings. The summed E-state index contributed by atoms with van der Waals surface area (Å²) >= 11 is 0. The van der Waals surface area contributed by atoms with Crippen LogP contribution in [0, 0.1) is 38.0 Å². The predicted octanol–water partition coefficient (Wildman–Crippen LogP) is 3.60. The van der Waals surface area contributed by atoms with E-state index < -0.39 is 0 Å². The van der Waals surface area contributed by atoms with Crippen molar-refractivity contribution in [2.45, 2.75) is 39.7 Å². The molecular formula is C15H19NO. The van der Waals surface area contributed by atoms with Gasteiger partial charge in [-0.05, 0) is 55.9 Å². The van der Waals surface area contributed by atoms with Gasteiger partial charge in [-0.15, -0.1) is 0 Å². The molecule has 90 valence electrons. The molecule has 1 aromatic rings. The second-order valence-corrected chi connectivity index (χ2v) is 4.96. The van der Waals surface area contributed by atoms with Crippen molar-refractivity contribution in [2.24, 2.45) is 5.92 Å². The first-order valence-electron chi connectivity index (χ1n) is 6.22. The van der Waals surface area contributed by atoms with Gasteiger partial charge < -0.3 is 4.74 Å². The van der Waals surface area contributed by atoms with Gasteiger partial charge in [0.25, 0.3) is 0 Å². The first-order chi connectivity index (χ1) is 8.13. The van der Waals surface area contributed by atoms with Gasteiger partial charge in [0.15, 0.2) is 0 Å². The van der Waals surface area contributed by atoms with E-state index in [1.807, 2.05) is 0 Å². The Labute approximate surface area is 103 Å². The maximum Gasteiger partial charge on any atom is 0.0985 e. The largest absolute Gasteiger partial charge is 0.372 e. The lowest BCUT2D eigenvalue weighted by Crippen LogP contribution is -2.22. The Morgan fingerprint density at radius 3 is 2.59 bits per heavy atom. The van der Waals surface area contributed by atoms with Gasteiger partial charge in [-0.1, -0.05) is 12.1 Å². The number of nitrogens with zero attached hydrogens (tertiary/aromatic N) is 1. The average Bonchev–Trinajstić information content (AvgIpc) is 2.34. The van der Waals surface area contributed by atoms with Crippen LogP contribution in [0.15, 0.2) is 12.1 Å². The zero-order valence-electron chi connectivity index (χ0n) is 10.8. The van der Waals surface area contributed by atoms with Crippen LogP contribution in [0.1, 0.15) is 41.2 Å². The van der Waals surface area contributed by atoms with E-state index in [0.717, 1.165) is 19.4 Å². The van der Waals surface area contributed by atoms with Gasteiger partial charge in [0, 0.05) is 6.61 Å². The first-order valence-corrected chi connectivity index (χ1v) is 6.22. The summed E-state index contributed by atoms with van der Waals surface area (Å²) in [5, 5.41) is 9.21. The van der Waals surface area contributed by atoms with Crippen molar-refractivity contribution in [1.82, 2.24) is 0 Å². The van der Waals surface area contributed by atoms with Gasteiger partial charge >= 0.3 is 0 Å². The van der Waals surface area contributed by atoms with E-state index in [4.69, 9.17) is 4.74 Å². The molecule has 2 rings (SSSR count). The van der Waals surface area contributed by atoms with Gasteiger partial charge in [0.1, 0.15) is 0 Å². The molecular weight excluding hydrogens is 210 g/mol. The zero-order valence-corrected chi connectivity index (χ0v) is 10.8. The van der Waals surface area contributed by atoms with Gasteiger partial charge in [0.2, 0.25) is 0 Å². The van der Waals surface area contributed by atoms with Crippen LogP contribution < -0.4 is 0 Å². The molecule has 2 unspecified atom stereocenters. The quantitative estimate of drug-likeness (QED) is 0.737. The van der Waals surface area contributed by atoms with Crippen LogP contribution in [0.4, 0.5) is 0 Å². The van der Waals surface area contributed by atoms with Gasteiger partial charge in [-0.2, -0.15) is 5.26 Å². The van der Waals surface area contributed by atoms with E-state index in [1.54, 1.807) is 0 Å². The lowest BCUT2D eigenvalue weighted by atomic mass is 9.87. The molecule has 17 heavy (non-hydrogen) atoms. The molecule has 1 saturated heterocycles. The smallest absolute Gasteiger partial charge is 0.0985 e. The third-order valence-corrected chi connectivity index (χ3v) is 3.68. The SMILES string of the molecule is Cc1cc(C)c(C2OCCCC2C#N)cc1C. The summed E-state index contributed by atoms with van der Waals surface area (Å²) in [6.45, 7) is 7.11. The predicted molar refractivity (Wildman–Crippen MR) is 67.7 cm³/mol. The third-order valence-electron chi connectivity index (χ3n) is 3.68. The van der Waals surface area contributed by atoms with E-state index in [1.165, 1.54) is 22.3 Å². The van der Waals surface area contributed by atoms with Crippen LogP contribution in [-0.4, -0.2) is 6.61 Å². The van der Waals surface area contributed by atoms with E-state index >= 15 is 0 Å². The van der Waals surface area contributed by atoms with Crippen LogP contribution >= 0.6 is 0 Å². The highest BCUT2D eigenvalue weighted by atomic mass is 16.5. The highest BCUT2D eigenvalue weighted by molar-refractivity contribution is 5.38. The fourth-order valence-corrected chi connectivity index (χ4v) is 2.51. The highest BCUT2D eigenvalue weighted by Gasteiger charge is 2.28. The summed E-state index contributed by atoms with van der Waals surface area (Å²) in [4.78, 5) is 0. The molecule has 1 aliphatic heterocycles. The Bertz CT molecular complexity index is 459. The summed E-state index contributed by atoms with van der Waals surface area (Å²) in [5.74, 6) is 0.00422. The second kappa shape index (κ2) is 4.89. The Kier molecular flexibility index (Phi) is 3.49. The standard InChI is InChI=1S/C15H19NO/c1-10-7-12(3)14(8-11(10)2)15-13(9-16)5-4-6-17-15/h7-8,13,15H,4-6H2,1-3H3. The fraction of sp³-hybridized carbons (Fsp3) is 0.533. The number of nitriles is 1. The molecule has 1 heterocycles. The minimum atomic E-state index is -0.0342. The monoisotopic (exact) mass is 229 g/mol. The number of ether oxygens (including phenoxy) is 1. The van der Waals surface area contributed by atoms with E-state index in [0.29, 0.717) is 0 Å². The highest BCUT2D eigenvalue weighted by Crippen LogP contribution is 2.35. The first kappa shape index (κ1) is 12.1. The van der Waals surface area contributed by atoms with Crippen molar-refractivity contribution in [1.29, 1.82) is 5.26 Å². The minimum Gasteiger partial charge on any atom is -0.372 e. The lowest BCUT2D eigenvalue weighted by molar-refractivity contribution is -0.0105. The van der Waals surface area contributed by atoms with Crippen molar-refractivity contribution >= 4 is 0 Å². The molecule has 0 N–H and O–H groups in total. The molecule has 2 heteroatoms. The molecule has 1 fully saturated rings. The molecule has 2 atom stereocenters. The normalized spacial score (nSPS) is 24.4. The summed E-state index contributed by atoms with van der Waals surface area (Å²) in [7, 11) is 0. The third kappa shape index (κ3) is 2.35. The van der Waals surface area contributed by atoms with Crippen molar-refractivity contribution < 1.29 is 4.74 Å². The number of benzene rings is 1. The number of hydrogen-bond donors (Lipinski definition) is 0. The van der Waals surface area contributed by atoms with Crippen molar-refractivity contribution in [3.63, 3.8) is 0 Å². The Hall–Kier alpha value is -1.33. The molecule has 2 nitrogen and oxygen atoms in total. The van der Waals surface area contributed by atoms with Crippen LogP contribution in [0.25, 0.3) is 0 Å². The molecule has 0 amide bonds. The van der Waals surface area contributed by atoms with Gasteiger partial charge in [-0.3, -0.25) is 0 Å². The molecule has 0 saturated carbocycles. The van der Waals surface area contributed by atoms with E-state index in [9.17, 15) is 5.26 Å². The van der Waals surface area contributed by atoms with Crippen molar-refractivity contribution in [2.75, 3.05) is 6.61 Å². The zero-order chi connectivity index (χ0) is 12.4. The summed E-state index contributed by atoms with van der Waals surface area (Å²) in [6.07, 6.45) is 1.92. The number of hydrogen-bond acceptors (Lipinski definition) is 2. The topological polar surface area (TPSA) is 33.0 Å². The fourth-order valence-electron chi connectivity index (χ4n) is 2.51. The van der Waals surface area contributed by atoms with Crippen LogP contribution in [0.2, 0.25) is 0 Å². The van der Waals surface area contributed by atoms with E-state index in [2.05, 4.69) is 39.0 Å². The number of aryl methyl sites for hydroxylation is 3. The van der Waals surface area contributed by atoms with Crippen molar-refractivity contribution in [3.8, 4) is 6.07 Å². The number of rotatable bonds is 1. The maximum atomic E-state index is 9.21.